The van der Waals surface area contributed by atoms with Gasteiger partial charge in [-0.1, -0.05) is 23.7 Å². The summed E-state index contributed by atoms with van der Waals surface area (Å²) >= 11 is 5.87. The van der Waals surface area contributed by atoms with Crippen molar-refractivity contribution in [2.45, 2.75) is 19.1 Å². The SMILES string of the molecule is C[C@@H](C(=O)NC[C@@H]1COc2ccccc2O1)N(c1ccc(Cl)cc1)S(C)(=O)=O. The Labute approximate surface area is 169 Å². The van der Waals surface area contributed by atoms with E-state index in [-0.39, 0.29) is 12.6 Å². The number of halogens is 1. The van der Waals surface area contributed by atoms with E-state index in [2.05, 4.69) is 5.32 Å². The molecule has 7 nitrogen and oxygen atoms in total. The molecule has 3 rings (SSSR count). The summed E-state index contributed by atoms with van der Waals surface area (Å²) < 4.78 is 37.0. The van der Waals surface area contributed by atoms with E-state index in [4.69, 9.17) is 21.1 Å². The van der Waals surface area contributed by atoms with Crippen molar-refractivity contribution in [3.63, 3.8) is 0 Å². The van der Waals surface area contributed by atoms with Crippen molar-refractivity contribution in [1.29, 1.82) is 0 Å². The third kappa shape index (κ3) is 4.69. The number of anilines is 1. The second-order valence-electron chi connectivity index (χ2n) is 6.45. The number of fused-ring (bicyclic) bond motifs is 1. The molecular formula is C19H21ClN2O5S. The Kier molecular flexibility index (Phi) is 6.00. The van der Waals surface area contributed by atoms with E-state index in [9.17, 15) is 13.2 Å². The molecule has 0 aliphatic carbocycles. The normalized spacial score (nSPS) is 16.9. The van der Waals surface area contributed by atoms with Crippen LogP contribution in [0.3, 0.4) is 0 Å². The molecule has 2 aromatic carbocycles. The van der Waals surface area contributed by atoms with Gasteiger partial charge >= 0.3 is 0 Å². The summed E-state index contributed by atoms with van der Waals surface area (Å²) in [6, 6.07) is 12.6. The highest BCUT2D eigenvalue weighted by atomic mass is 35.5. The second-order valence-corrected chi connectivity index (χ2v) is 8.75. The van der Waals surface area contributed by atoms with Crippen molar-refractivity contribution in [1.82, 2.24) is 5.32 Å². The van der Waals surface area contributed by atoms with Crippen molar-refractivity contribution in [2.75, 3.05) is 23.7 Å². The first-order chi connectivity index (χ1) is 13.3. The van der Waals surface area contributed by atoms with Crippen LogP contribution in [0.5, 0.6) is 11.5 Å². The molecule has 1 aliphatic rings. The molecule has 0 unspecified atom stereocenters. The summed E-state index contributed by atoms with van der Waals surface area (Å²) in [5, 5.41) is 3.22. The predicted molar refractivity (Wildman–Crippen MR) is 108 cm³/mol. The lowest BCUT2D eigenvalue weighted by Gasteiger charge is -2.30. The minimum Gasteiger partial charge on any atom is -0.486 e. The molecule has 0 saturated heterocycles. The van der Waals surface area contributed by atoms with E-state index in [0.717, 1.165) is 10.6 Å². The Morgan fingerprint density at radius 1 is 1.21 bits per heavy atom. The number of para-hydroxylation sites is 2. The van der Waals surface area contributed by atoms with Crippen molar-refractivity contribution >= 4 is 33.2 Å². The number of carbonyl (C=O) groups is 1. The minimum absolute atomic E-state index is 0.190. The molecule has 0 fully saturated rings. The van der Waals surface area contributed by atoms with Crippen LogP contribution in [0.15, 0.2) is 48.5 Å². The minimum atomic E-state index is -3.68. The number of sulfonamides is 1. The topological polar surface area (TPSA) is 84.9 Å². The van der Waals surface area contributed by atoms with Gasteiger partial charge in [-0.25, -0.2) is 8.42 Å². The van der Waals surface area contributed by atoms with Gasteiger partial charge in [0.25, 0.3) is 0 Å². The van der Waals surface area contributed by atoms with Gasteiger partial charge in [-0.05, 0) is 43.3 Å². The van der Waals surface area contributed by atoms with Crippen LogP contribution in [0.4, 0.5) is 5.69 Å². The van der Waals surface area contributed by atoms with E-state index in [1.165, 1.54) is 6.92 Å². The first kappa shape index (κ1) is 20.3. The molecule has 1 aliphatic heterocycles. The molecule has 0 saturated carbocycles. The molecule has 2 atom stereocenters. The molecule has 9 heteroatoms. The molecule has 2 aromatic rings. The number of hydrogen-bond acceptors (Lipinski definition) is 5. The smallest absolute Gasteiger partial charge is 0.243 e. The average Bonchev–Trinajstić information content (AvgIpc) is 2.66. The zero-order valence-corrected chi connectivity index (χ0v) is 17.0. The largest absolute Gasteiger partial charge is 0.486 e. The third-order valence-electron chi connectivity index (χ3n) is 4.24. The Morgan fingerprint density at radius 2 is 1.86 bits per heavy atom. The number of nitrogens with one attached hydrogen (secondary N) is 1. The van der Waals surface area contributed by atoms with E-state index in [1.54, 1.807) is 30.3 Å². The average molecular weight is 425 g/mol. The number of amides is 1. The maximum absolute atomic E-state index is 12.6. The number of nitrogens with zero attached hydrogens (tertiary/aromatic N) is 1. The predicted octanol–water partition coefficient (Wildman–Crippen LogP) is 2.45. The Morgan fingerprint density at radius 3 is 2.50 bits per heavy atom. The van der Waals surface area contributed by atoms with Crippen LogP contribution in [0.1, 0.15) is 6.92 Å². The highest BCUT2D eigenvalue weighted by molar-refractivity contribution is 7.92. The zero-order valence-electron chi connectivity index (χ0n) is 15.5. The van der Waals surface area contributed by atoms with Crippen LogP contribution >= 0.6 is 11.6 Å². The molecule has 1 amide bonds. The number of rotatable bonds is 6. The lowest BCUT2D eigenvalue weighted by Crippen LogP contribution is -2.50. The second kappa shape index (κ2) is 8.28. The number of ether oxygens (including phenoxy) is 2. The molecule has 1 N–H and O–H groups in total. The molecule has 150 valence electrons. The van der Waals surface area contributed by atoms with Crippen molar-refractivity contribution in [2.24, 2.45) is 0 Å². The summed E-state index contributed by atoms with van der Waals surface area (Å²) in [6.45, 7) is 2.01. The lowest BCUT2D eigenvalue weighted by molar-refractivity contribution is -0.122. The molecule has 0 bridgehead atoms. The Bertz CT molecular complexity index is 949. The van der Waals surface area contributed by atoms with Crippen molar-refractivity contribution in [3.05, 3.63) is 53.6 Å². The quantitative estimate of drug-likeness (QED) is 0.769. The van der Waals surface area contributed by atoms with Crippen LogP contribution in [0.25, 0.3) is 0 Å². The highest BCUT2D eigenvalue weighted by Gasteiger charge is 2.30. The van der Waals surface area contributed by atoms with Crippen LogP contribution in [0, 0.1) is 0 Å². The maximum Gasteiger partial charge on any atom is 0.243 e. The Balaban J connectivity index is 1.66. The molecule has 1 heterocycles. The van der Waals surface area contributed by atoms with Gasteiger partial charge < -0.3 is 14.8 Å². The first-order valence-electron chi connectivity index (χ1n) is 8.67. The number of hydrogen-bond donors (Lipinski definition) is 1. The molecular weight excluding hydrogens is 404 g/mol. The standard InChI is InChI=1S/C19H21ClN2O5S/c1-13(22(28(2,24)25)15-9-7-14(20)8-10-15)19(23)21-11-16-12-26-17-5-3-4-6-18(17)27-16/h3-10,13,16H,11-12H2,1-2H3,(H,21,23)/t13-,16+/m0/s1. The fourth-order valence-corrected chi connectivity index (χ4v) is 4.22. The van der Waals surface area contributed by atoms with E-state index in [0.29, 0.717) is 28.8 Å². The van der Waals surface area contributed by atoms with Gasteiger partial charge in [0.1, 0.15) is 18.8 Å². The summed E-state index contributed by atoms with van der Waals surface area (Å²) in [7, 11) is -3.68. The van der Waals surface area contributed by atoms with E-state index >= 15 is 0 Å². The Hall–Kier alpha value is -2.45. The molecule has 0 radical (unpaired) electrons. The van der Waals surface area contributed by atoms with Gasteiger partial charge in [-0.15, -0.1) is 0 Å². The van der Waals surface area contributed by atoms with Crippen LogP contribution in [-0.2, 0) is 14.8 Å². The van der Waals surface area contributed by atoms with Gasteiger partial charge in [0.15, 0.2) is 11.5 Å². The van der Waals surface area contributed by atoms with Crippen LogP contribution < -0.4 is 19.1 Å². The highest BCUT2D eigenvalue weighted by Crippen LogP contribution is 2.30. The van der Waals surface area contributed by atoms with Gasteiger partial charge in [0.05, 0.1) is 18.5 Å². The molecule has 28 heavy (non-hydrogen) atoms. The van der Waals surface area contributed by atoms with Gasteiger partial charge in [-0.3, -0.25) is 9.10 Å². The first-order valence-corrected chi connectivity index (χ1v) is 10.9. The van der Waals surface area contributed by atoms with Gasteiger partial charge in [0, 0.05) is 5.02 Å². The summed E-state index contributed by atoms with van der Waals surface area (Å²) in [5.41, 5.74) is 0.362. The van der Waals surface area contributed by atoms with Crippen LogP contribution in [0.2, 0.25) is 5.02 Å². The fraction of sp³-hybridized carbons (Fsp3) is 0.316. The number of benzene rings is 2. The van der Waals surface area contributed by atoms with Gasteiger partial charge in [-0.2, -0.15) is 0 Å². The van der Waals surface area contributed by atoms with Crippen molar-refractivity contribution < 1.29 is 22.7 Å². The summed E-state index contributed by atoms with van der Waals surface area (Å²) in [5.74, 6) is 0.826. The van der Waals surface area contributed by atoms with E-state index in [1.807, 2.05) is 18.2 Å². The maximum atomic E-state index is 12.6. The monoisotopic (exact) mass is 424 g/mol. The lowest BCUT2D eigenvalue weighted by atomic mass is 10.2. The zero-order chi connectivity index (χ0) is 20.3. The third-order valence-corrected chi connectivity index (χ3v) is 5.73. The van der Waals surface area contributed by atoms with Crippen molar-refractivity contribution in [3.8, 4) is 11.5 Å². The van der Waals surface area contributed by atoms with Gasteiger partial charge in [0.2, 0.25) is 15.9 Å². The van der Waals surface area contributed by atoms with E-state index < -0.39 is 22.0 Å². The van der Waals surface area contributed by atoms with Crippen LogP contribution in [-0.4, -0.2) is 45.9 Å². The fourth-order valence-electron chi connectivity index (χ4n) is 2.92. The summed E-state index contributed by atoms with van der Waals surface area (Å²) in [4.78, 5) is 12.6. The summed E-state index contributed by atoms with van der Waals surface area (Å²) in [6.07, 6.45) is 0.689. The number of carbonyl (C=O) groups excluding carboxylic acids is 1. The molecule has 0 aromatic heterocycles. The molecule has 0 spiro atoms.